The third-order valence-corrected chi connectivity index (χ3v) is 4.36. The van der Waals surface area contributed by atoms with E-state index in [2.05, 4.69) is 15.9 Å². The number of fused-ring (bicyclic) bond motifs is 1. The number of aromatic hydroxyl groups is 1. The number of aromatic nitrogens is 1. The first-order valence-electron chi connectivity index (χ1n) is 6.25. The Morgan fingerprint density at radius 1 is 1.20 bits per heavy atom. The first kappa shape index (κ1) is 13.1. The van der Waals surface area contributed by atoms with Gasteiger partial charge in [-0.25, -0.2) is 0 Å². The lowest BCUT2D eigenvalue weighted by Gasteiger charge is -2.09. The zero-order valence-electron chi connectivity index (χ0n) is 11.2. The smallest absolute Gasteiger partial charge is 0.203 e. The van der Waals surface area contributed by atoms with Gasteiger partial charge in [0.05, 0.1) is 12.8 Å². The van der Waals surface area contributed by atoms with Crippen molar-refractivity contribution >= 4 is 26.7 Å². The van der Waals surface area contributed by atoms with E-state index in [9.17, 15) is 5.11 Å². The first-order valence-corrected chi connectivity index (χ1v) is 7.04. The number of halogens is 1. The largest absolute Gasteiger partial charge is 0.497 e. The Labute approximate surface area is 125 Å². The number of benzene rings is 2. The predicted octanol–water partition coefficient (Wildman–Crippen LogP) is 4.42. The summed E-state index contributed by atoms with van der Waals surface area (Å²) in [6, 6.07) is 11.6. The standard InChI is InChI=1S/C16H14BrNO2/c1-10-14(17)4-3-5-15(10)18-9-11-6-7-12(20-2)8-13(11)16(18)19/h3-9,19H,1-2H3. The van der Waals surface area contributed by atoms with Crippen LogP contribution in [-0.4, -0.2) is 16.8 Å². The van der Waals surface area contributed by atoms with Gasteiger partial charge in [-0.2, -0.15) is 0 Å². The molecule has 0 saturated heterocycles. The Balaban J connectivity index is 2.27. The van der Waals surface area contributed by atoms with Crippen molar-refractivity contribution in [3.8, 4) is 17.3 Å². The molecule has 102 valence electrons. The second-order valence-corrected chi connectivity index (χ2v) is 5.51. The molecule has 0 amide bonds. The van der Waals surface area contributed by atoms with Crippen molar-refractivity contribution < 1.29 is 9.84 Å². The second-order valence-electron chi connectivity index (χ2n) is 4.66. The molecule has 20 heavy (non-hydrogen) atoms. The molecule has 0 aliphatic rings. The fourth-order valence-corrected chi connectivity index (χ4v) is 2.70. The average molecular weight is 332 g/mol. The highest BCUT2D eigenvalue weighted by atomic mass is 79.9. The van der Waals surface area contributed by atoms with E-state index in [-0.39, 0.29) is 5.88 Å². The van der Waals surface area contributed by atoms with Crippen LogP contribution in [0.5, 0.6) is 11.6 Å². The minimum atomic E-state index is 0.222. The number of hydrogen-bond acceptors (Lipinski definition) is 2. The number of ether oxygens (including phenoxy) is 1. The first-order chi connectivity index (χ1) is 9.61. The van der Waals surface area contributed by atoms with Crippen LogP contribution in [0.15, 0.2) is 47.1 Å². The van der Waals surface area contributed by atoms with Crippen molar-refractivity contribution in [3.05, 3.63) is 52.6 Å². The maximum absolute atomic E-state index is 10.5. The third-order valence-electron chi connectivity index (χ3n) is 3.50. The van der Waals surface area contributed by atoms with E-state index in [0.717, 1.165) is 32.2 Å². The van der Waals surface area contributed by atoms with E-state index >= 15 is 0 Å². The third kappa shape index (κ3) is 1.96. The molecule has 1 heterocycles. The fraction of sp³-hybridized carbons (Fsp3) is 0.125. The SMILES string of the molecule is COc1ccc2cn(-c3cccc(Br)c3C)c(O)c2c1. The van der Waals surface area contributed by atoms with Crippen LogP contribution in [0.1, 0.15) is 5.56 Å². The molecule has 0 fully saturated rings. The summed E-state index contributed by atoms with van der Waals surface area (Å²) in [6.07, 6.45) is 1.93. The van der Waals surface area contributed by atoms with Crippen LogP contribution in [0.3, 0.4) is 0 Å². The van der Waals surface area contributed by atoms with Gasteiger partial charge in [0, 0.05) is 21.4 Å². The van der Waals surface area contributed by atoms with Crippen molar-refractivity contribution in [2.45, 2.75) is 6.92 Å². The molecule has 0 bridgehead atoms. The Bertz CT molecular complexity index is 793. The summed E-state index contributed by atoms with van der Waals surface area (Å²) < 4.78 is 8.02. The lowest BCUT2D eigenvalue weighted by atomic mass is 10.2. The van der Waals surface area contributed by atoms with E-state index in [0.29, 0.717) is 0 Å². The van der Waals surface area contributed by atoms with Crippen LogP contribution in [0.2, 0.25) is 0 Å². The Kier molecular flexibility index (Phi) is 3.18. The van der Waals surface area contributed by atoms with Crippen LogP contribution in [0.4, 0.5) is 0 Å². The van der Waals surface area contributed by atoms with E-state index in [1.807, 2.05) is 49.5 Å². The van der Waals surface area contributed by atoms with Crippen LogP contribution >= 0.6 is 15.9 Å². The van der Waals surface area contributed by atoms with Gasteiger partial charge in [0.25, 0.3) is 0 Å². The van der Waals surface area contributed by atoms with E-state index in [1.165, 1.54) is 0 Å². The van der Waals surface area contributed by atoms with Crippen molar-refractivity contribution in [1.82, 2.24) is 4.57 Å². The molecule has 1 N–H and O–H groups in total. The fourth-order valence-electron chi connectivity index (χ4n) is 2.34. The topological polar surface area (TPSA) is 34.4 Å². The summed E-state index contributed by atoms with van der Waals surface area (Å²) in [7, 11) is 1.62. The van der Waals surface area contributed by atoms with E-state index < -0.39 is 0 Å². The Morgan fingerprint density at radius 2 is 2.00 bits per heavy atom. The average Bonchev–Trinajstić information content (AvgIpc) is 2.78. The van der Waals surface area contributed by atoms with Crippen molar-refractivity contribution in [3.63, 3.8) is 0 Å². The highest BCUT2D eigenvalue weighted by Gasteiger charge is 2.13. The number of methoxy groups -OCH3 is 1. The van der Waals surface area contributed by atoms with Gasteiger partial charge in [0.1, 0.15) is 5.75 Å². The molecule has 0 saturated carbocycles. The summed E-state index contributed by atoms with van der Waals surface area (Å²) in [5.41, 5.74) is 2.03. The van der Waals surface area contributed by atoms with Gasteiger partial charge in [-0.15, -0.1) is 0 Å². The molecule has 0 radical (unpaired) electrons. The molecule has 0 atom stereocenters. The van der Waals surface area contributed by atoms with Gasteiger partial charge < -0.3 is 9.84 Å². The van der Waals surface area contributed by atoms with E-state index in [4.69, 9.17) is 4.74 Å². The summed E-state index contributed by atoms with van der Waals surface area (Å²) in [6.45, 7) is 2.02. The van der Waals surface area contributed by atoms with E-state index in [1.54, 1.807) is 11.7 Å². The predicted molar refractivity (Wildman–Crippen MR) is 83.9 cm³/mol. The zero-order valence-corrected chi connectivity index (χ0v) is 12.8. The Morgan fingerprint density at radius 3 is 2.75 bits per heavy atom. The lowest BCUT2D eigenvalue weighted by molar-refractivity contribution is 0.414. The summed E-state index contributed by atoms with van der Waals surface area (Å²) >= 11 is 3.52. The molecular weight excluding hydrogens is 318 g/mol. The molecule has 3 aromatic rings. The van der Waals surface area contributed by atoms with Crippen molar-refractivity contribution in [2.24, 2.45) is 0 Å². The molecule has 3 nitrogen and oxygen atoms in total. The van der Waals surface area contributed by atoms with Gasteiger partial charge in [-0.05, 0) is 42.8 Å². The summed E-state index contributed by atoms with van der Waals surface area (Å²) in [4.78, 5) is 0. The molecule has 3 rings (SSSR count). The van der Waals surface area contributed by atoms with Gasteiger partial charge in [-0.1, -0.05) is 22.0 Å². The number of nitrogens with zero attached hydrogens (tertiary/aromatic N) is 1. The van der Waals surface area contributed by atoms with Gasteiger partial charge in [0.2, 0.25) is 5.88 Å². The molecule has 4 heteroatoms. The number of rotatable bonds is 2. The lowest BCUT2D eigenvalue weighted by Crippen LogP contribution is -1.94. The van der Waals surface area contributed by atoms with Crippen molar-refractivity contribution in [2.75, 3.05) is 7.11 Å². The molecular formula is C16H14BrNO2. The molecule has 0 aliphatic carbocycles. The van der Waals surface area contributed by atoms with Crippen LogP contribution in [0.25, 0.3) is 16.5 Å². The maximum atomic E-state index is 10.5. The summed E-state index contributed by atoms with van der Waals surface area (Å²) in [5, 5.41) is 12.2. The normalized spacial score (nSPS) is 10.9. The highest BCUT2D eigenvalue weighted by molar-refractivity contribution is 9.10. The molecule has 0 spiro atoms. The monoisotopic (exact) mass is 331 g/mol. The maximum Gasteiger partial charge on any atom is 0.203 e. The quantitative estimate of drug-likeness (QED) is 0.754. The number of hydrogen-bond donors (Lipinski definition) is 1. The van der Waals surface area contributed by atoms with Gasteiger partial charge >= 0.3 is 0 Å². The van der Waals surface area contributed by atoms with Gasteiger partial charge in [0.15, 0.2) is 0 Å². The van der Waals surface area contributed by atoms with Crippen LogP contribution in [-0.2, 0) is 0 Å². The van der Waals surface area contributed by atoms with Crippen LogP contribution < -0.4 is 4.74 Å². The van der Waals surface area contributed by atoms with Crippen molar-refractivity contribution in [1.29, 1.82) is 0 Å². The minimum Gasteiger partial charge on any atom is -0.497 e. The Hall–Kier alpha value is -1.94. The second kappa shape index (κ2) is 4.87. The van der Waals surface area contributed by atoms with Gasteiger partial charge in [-0.3, -0.25) is 4.57 Å². The minimum absolute atomic E-state index is 0.222. The molecule has 2 aromatic carbocycles. The van der Waals surface area contributed by atoms with Crippen LogP contribution in [0, 0.1) is 6.92 Å². The molecule has 1 aromatic heterocycles. The molecule has 0 unspecified atom stereocenters. The zero-order chi connectivity index (χ0) is 14.3. The summed E-state index contributed by atoms with van der Waals surface area (Å²) in [5.74, 6) is 0.955. The molecule has 0 aliphatic heterocycles. The highest BCUT2D eigenvalue weighted by Crippen LogP contribution is 2.34.